The quantitative estimate of drug-likeness (QED) is 0.654. The molecule has 0 aromatic carbocycles. The summed E-state index contributed by atoms with van der Waals surface area (Å²) < 4.78 is 7.52. The highest BCUT2D eigenvalue weighted by Gasteiger charge is 2.38. The number of hydrogen-bond acceptors (Lipinski definition) is 6. The Labute approximate surface area is 187 Å². The molecule has 0 bridgehead atoms. The van der Waals surface area contributed by atoms with Crippen LogP contribution >= 0.6 is 0 Å². The molecular formula is C23H29N7O2. The molecule has 3 aromatic rings. The molecule has 3 aromatic heterocycles. The van der Waals surface area contributed by atoms with Gasteiger partial charge in [0, 0.05) is 49.6 Å². The van der Waals surface area contributed by atoms with Crippen LogP contribution < -0.4 is 10.6 Å². The molecule has 5 heterocycles. The predicted molar refractivity (Wildman–Crippen MR) is 122 cm³/mol. The fraction of sp³-hybridized carbons (Fsp3) is 0.478. The third-order valence-corrected chi connectivity index (χ3v) is 6.49. The Morgan fingerprint density at radius 1 is 1.22 bits per heavy atom. The number of likely N-dealkylation sites (tertiary alicyclic amines) is 1. The number of amides is 2. The molecule has 168 valence electrons. The lowest BCUT2D eigenvalue weighted by atomic mass is 9.84. The summed E-state index contributed by atoms with van der Waals surface area (Å²) >= 11 is 0. The summed E-state index contributed by atoms with van der Waals surface area (Å²) in [5.41, 5.74) is 2.72. The molecule has 9 heteroatoms. The van der Waals surface area contributed by atoms with Crippen molar-refractivity contribution in [3.63, 3.8) is 0 Å². The smallest absolute Gasteiger partial charge is 0.320 e. The maximum Gasteiger partial charge on any atom is 0.320 e. The van der Waals surface area contributed by atoms with Crippen LogP contribution in [0, 0.1) is 18.8 Å². The highest BCUT2D eigenvalue weighted by molar-refractivity contribution is 5.91. The van der Waals surface area contributed by atoms with Crippen molar-refractivity contribution in [1.29, 1.82) is 0 Å². The van der Waals surface area contributed by atoms with E-state index in [4.69, 9.17) is 4.74 Å². The summed E-state index contributed by atoms with van der Waals surface area (Å²) in [6, 6.07) is 5.60. The van der Waals surface area contributed by atoms with Crippen LogP contribution in [0.4, 0.5) is 10.6 Å². The molecule has 2 aliphatic rings. The van der Waals surface area contributed by atoms with Crippen molar-refractivity contribution < 1.29 is 9.53 Å². The summed E-state index contributed by atoms with van der Waals surface area (Å²) in [4.78, 5) is 23.7. The molecule has 2 saturated heterocycles. The zero-order valence-electron chi connectivity index (χ0n) is 18.5. The highest BCUT2D eigenvalue weighted by Crippen LogP contribution is 2.30. The molecule has 2 fully saturated rings. The van der Waals surface area contributed by atoms with Crippen molar-refractivity contribution in [3.8, 4) is 5.69 Å². The average Bonchev–Trinajstić information content (AvgIpc) is 3.37. The summed E-state index contributed by atoms with van der Waals surface area (Å²) in [7, 11) is 2.10. The van der Waals surface area contributed by atoms with Gasteiger partial charge in [-0.2, -0.15) is 5.10 Å². The summed E-state index contributed by atoms with van der Waals surface area (Å²) in [5.74, 6) is 1.41. The van der Waals surface area contributed by atoms with Crippen LogP contribution in [0.1, 0.15) is 18.5 Å². The number of nitrogens with zero attached hydrogens (tertiary/aromatic N) is 5. The van der Waals surface area contributed by atoms with E-state index in [1.54, 1.807) is 18.6 Å². The maximum atomic E-state index is 12.8. The Kier molecular flexibility index (Phi) is 5.75. The van der Waals surface area contributed by atoms with Crippen molar-refractivity contribution in [3.05, 3.63) is 42.5 Å². The van der Waals surface area contributed by atoms with Crippen LogP contribution in [-0.4, -0.2) is 70.1 Å². The van der Waals surface area contributed by atoms with Crippen LogP contribution in [-0.2, 0) is 4.74 Å². The lowest BCUT2D eigenvalue weighted by Crippen LogP contribution is -2.45. The molecule has 0 radical (unpaired) electrons. The van der Waals surface area contributed by atoms with Crippen LogP contribution in [0.2, 0.25) is 0 Å². The first-order valence-electron chi connectivity index (χ1n) is 11.2. The number of aromatic nitrogens is 4. The molecule has 2 N–H and O–H groups in total. The van der Waals surface area contributed by atoms with Gasteiger partial charge in [-0.25, -0.2) is 14.5 Å². The maximum absolute atomic E-state index is 12.8. The molecule has 0 saturated carbocycles. The van der Waals surface area contributed by atoms with Crippen LogP contribution in [0.25, 0.3) is 16.6 Å². The topological polar surface area (TPSA) is 97.2 Å². The number of hydrogen-bond donors (Lipinski definition) is 2. The van der Waals surface area contributed by atoms with E-state index in [0.29, 0.717) is 17.7 Å². The number of likely N-dealkylation sites (N-methyl/N-ethyl adjacent to an activating group) is 1. The summed E-state index contributed by atoms with van der Waals surface area (Å²) in [6.45, 7) is 5.42. The fourth-order valence-corrected chi connectivity index (χ4v) is 4.95. The largest absolute Gasteiger partial charge is 0.381 e. The van der Waals surface area contributed by atoms with E-state index >= 15 is 0 Å². The second-order valence-corrected chi connectivity index (χ2v) is 8.91. The van der Waals surface area contributed by atoms with Gasteiger partial charge in [-0.3, -0.25) is 10.3 Å². The van der Waals surface area contributed by atoms with Gasteiger partial charge in [-0.1, -0.05) is 0 Å². The van der Waals surface area contributed by atoms with Crippen molar-refractivity contribution in [2.75, 3.05) is 38.7 Å². The number of urea groups is 1. The molecule has 2 amide bonds. The molecule has 2 unspecified atom stereocenters. The van der Waals surface area contributed by atoms with Gasteiger partial charge in [0.25, 0.3) is 0 Å². The van der Waals surface area contributed by atoms with E-state index in [0.717, 1.165) is 61.4 Å². The number of ether oxygens (including phenoxy) is 1. The van der Waals surface area contributed by atoms with Gasteiger partial charge in [0.1, 0.15) is 5.82 Å². The van der Waals surface area contributed by atoms with Crippen molar-refractivity contribution in [2.24, 2.45) is 11.8 Å². The third-order valence-electron chi connectivity index (χ3n) is 6.49. The molecule has 0 spiro atoms. The Balaban J connectivity index is 1.27. The van der Waals surface area contributed by atoms with Gasteiger partial charge >= 0.3 is 6.03 Å². The zero-order chi connectivity index (χ0) is 22.1. The minimum atomic E-state index is -0.226. The number of pyridine rings is 2. The minimum Gasteiger partial charge on any atom is -0.381 e. The van der Waals surface area contributed by atoms with Crippen LogP contribution in [0.15, 0.2) is 36.8 Å². The van der Waals surface area contributed by atoms with E-state index in [-0.39, 0.29) is 12.1 Å². The molecule has 32 heavy (non-hydrogen) atoms. The van der Waals surface area contributed by atoms with Crippen LogP contribution in [0.5, 0.6) is 0 Å². The average molecular weight is 436 g/mol. The number of aryl methyl sites for hydroxylation is 1. The van der Waals surface area contributed by atoms with Gasteiger partial charge in [0.15, 0.2) is 0 Å². The number of carbonyl (C=O) groups is 1. The molecule has 5 rings (SSSR count). The molecule has 2 aliphatic heterocycles. The van der Waals surface area contributed by atoms with Crippen LogP contribution in [0.3, 0.4) is 0 Å². The fourth-order valence-electron chi connectivity index (χ4n) is 4.95. The van der Waals surface area contributed by atoms with Crippen molar-refractivity contribution in [2.45, 2.75) is 25.8 Å². The number of anilines is 1. The van der Waals surface area contributed by atoms with Gasteiger partial charge in [0.2, 0.25) is 0 Å². The summed E-state index contributed by atoms with van der Waals surface area (Å²) in [6.07, 6.45) is 7.54. The predicted octanol–water partition coefficient (Wildman–Crippen LogP) is 2.60. The van der Waals surface area contributed by atoms with E-state index in [1.807, 2.05) is 29.8 Å². The van der Waals surface area contributed by atoms with Gasteiger partial charge in [-0.15, -0.1) is 0 Å². The standard InChI is InChI=1S/C23H29N7O2/c1-15-8-18(5-6-24-15)30-21-11-25-22(9-17(21)10-26-30)28-23(31)27-20-13-29(2)12-19(20)16-4-3-7-32-14-16/h5-6,8-11,16,19-20H,3-4,7,12-14H2,1-2H3,(H2,25,27,28,31)/t16?,19?,20-/m0/s1. The number of carbonyl (C=O) groups excluding carboxylic acids is 1. The Morgan fingerprint density at radius 3 is 2.94 bits per heavy atom. The number of fused-ring (bicyclic) bond motifs is 1. The van der Waals surface area contributed by atoms with Gasteiger partial charge in [-0.05, 0) is 56.8 Å². The van der Waals surface area contributed by atoms with Crippen molar-refractivity contribution >= 4 is 22.8 Å². The number of nitrogens with one attached hydrogen (secondary N) is 2. The molecule has 9 nitrogen and oxygen atoms in total. The minimum absolute atomic E-state index is 0.105. The van der Waals surface area contributed by atoms with E-state index in [1.165, 1.54) is 0 Å². The zero-order valence-corrected chi connectivity index (χ0v) is 18.5. The van der Waals surface area contributed by atoms with E-state index < -0.39 is 0 Å². The first-order valence-corrected chi connectivity index (χ1v) is 11.2. The lowest BCUT2D eigenvalue weighted by molar-refractivity contribution is 0.0287. The second kappa shape index (κ2) is 8.84. The second-order valence-electron chi connectivity index (χ2n) is 8.91. The van der Waals surface area contributed by atoms with E-state index in [2.05, 4.69) is 37.6 Å². The lowest BCUT2D eigenvalue weighted by Gasteiger charge is -2.31. The Hall–Kier alpha value is -3.04. The SMILES string of the molecule is Cc1cc(-n2ncc3cc(NC(=O)N[C@H]4CN(C)CC4C4CCCOC4)ncc32)ccn1. The van der Waals surface area contributed by atoms with Gasteiger partial charge < -0.3 is 15.0 Å². The van der Waals surface area contributed by atoms with Crippen molar-refractivity contribution in [1.82, 2.24) is 30.0 Å². The van der Waals surface area contributed by atoms with Gasteiger partial charge in [0.05, 0.1) is 23.6 Å². The first kappa shape index (κ1) is 20.8. The number of rotatable bonds is 4. The first-order chi connectivity index (χ1) is 15.6. The monoisotopic (exact) mass is 435 g/mol. The molecule has 3 atom stereocenters. The normalized spacial score (nSPS) is 24.0. The molecule has 0 aliphatic carbocycles. The Bertz CT molecular complexity index is 1110. The third kappa shape index (κ3) is 4.31. The summed E-state index contributed by atoms with van der Waals surface area (Å²) in [5, 5.41) is 11.5. The Morgan fingerprint density at radius 2 is 2.12 bits per heavy atom. The highest BCUT2D eigenvalue weighted by atomic mass is 16.5. The molecular weight excluding hydrogens is 406 g/mol. The van der Waals surface area contributed by atoms with E-state index in [9.17, 15) is 4.79 Å².